The molecule has 2 fully saturated rings. The van der Waals surface area contributed by atoms with Crippen molar-refractivity contribution >= 4 is 17.4 Å². The standard InChI is InChI=1S/C32H34N2O6/c1-2-39-27-11-7-6-10-26(27)29-28(31(36)32(37)34(29)17-16-33-18-20-38-21-19-33)30(35)24-12-14-25(15-13-24)40-22-23-8-4-3-5-9-23/h3-15,29,35H,2,16-22H2,1H3/b30-28+. The second-order valence-electron chi connectivity index (χ2n) is 9.72. The lowest BCUT2D eigenvalue weighted by atomic mass is 9.94. The molecule has 3 aromatic carbocycles. The second kappa shape index (κ2) is 12.8. The predicted molar refractivity (Wildman–Crippen MR) is 151 cm³/mol. The van der Waals surface area contributed by atoms with Crippen molar-refractivity contribution in [2.24, 2.45) is 0 Å². The molecular formula is C32H34N2O6. The summed E-state index contributed by atoms with van der Waals surface area (Å²) in [5, 5.41) is 11.5. The van der Waals surface area contributed by atoms with Crippen molar-refractivity contribution < 1.29 is 28.9 Å². The summed E-state index contributed by atoms with van der Waals surface area (Å²) in [6.45, 7) is 6.46. The summed E-state index contributed by atoms with van der Waals surface area (Å²) in [6.07, 6.45) is 0. The van der Waals surface area contributed by atoms with Gasteiger partial charge in [0.15, 0.2) is 0 Å². The van der Waals surface area contributed by atoms with Gasteiger partial charge in [-0.3, -0.25) is 14.5 Å². The van der Waals surface area contributed by atoms with Crippen molar-refractivity contribution in [3.8, 4) is 11.5 Å². The van der Waals surface area contributed by atoms with E-state index in [0.717, 1.165) is 18.7 Å². The van der Waals surface area contributed by atoms with Crippen LogP contribution in [0.2, 0.25) is 0 Å². The zero-order valence-corrected chi connectivity index (χ0v) is 22.6. The molecule has 208 valence electrons. The molecule has 0 bridgehead atoms. The third-order valence-electron chi connectivity index (χ3n) is 7.19. The number of nitrogens with zero attached hydrogens (tertiary/aromatic N) is 2. The molecule has 1 atom stereocenters. The molecule has 0 aliphatic carbocycles. The summed E-state index contributed by atoms with van der Waals surface area (Å²) >= 11 is 0. The summed E-state index contributed by atoms with van der Waals surface area (Å²) < 4.78 is 17.2. The van der Waals surface area contributed by atoms with Gasteiger partial charge < -0.3 is 24.2 Å². The number of morpholine rings is 1. The molecule has 0 saturated carbocycles. The normalized spacial score (nSPS) is 19.1. The van der Waals surface area contributed by atoms with Gasteiger partial charge in [-0.05, 0) is 42.8 Å². The van der Waals surface area contributed by atoms with Crippen LogP contribution in [-0.2, 0) is 20.9 Å². The lowest BCUT2D eigenvalue weighted by molar-refractivity contribution is -0.140. The Labute approximate surface area is 234 Å². The Hall–Kier alpha value is -4.14. The first-order valence-electron chi connectivity index (χ1n) is 13.6. The van der Waals surface area contributed by atoms with Crippen LogP contribution in [0.4, 0.5) is 0 Å². The maximum Gasteiger partial charge on any atom is 0.295 e. The largest absolute Gasteiger partial charge is 0.507 e. The summed E-state index contributed by atoms with van der Waals surface area (Å²) in [4.78, 5) is 30.6. The maximum atomic E-state index is 13.5. The lowest BCUT2D eigenvalue weighted by Crippen LogP contribution is -2.42. The molecule has 1 amide bonds. The zero-order chi connectivity index (χ0) is 27.9. The topological polar surface area (TPSA) is 88.5 Å². The highest BCUT2D eigenvalue weighted by Crippen LogP contribution is 2.42. The van der Waals surface area contributed by atoms with Gasteiger partial charge >= 0.3 is 0 Å². The number of ketones is 1. The Bertz CT molecular complexity index is 1350. The van der Waals surface area contributed by atoms with Crippen molar-refractivity contribution in [3.05, 3.63) is 101 Å². The molecule has 1 unspecified atom stereocenters. The number of likely N-dealkylation sites (tertiary alicyclic amines) is 1. The highest BCUT2D eigenvalue weighted by atomic mass is 16.5. The first kappa shape index (κ1) is 27.4. The predicted octanol–water partition coefficient (Wildman–Crippen LogP) is 4.42. The quantitative estimate of drug-likeness (QED) is 0.231. The van der Waals surface area contributed by atoms with Crippen LogP contribution in [0.5, 0.6) is 11.5 Å². The number of Topliss-reactive ketones (excluding diaryl/α,β-unsaturated/α-hetero) is 1. The average molecular weight is 543 g/mol. The molecular weight excluding hydrogens is 508 g/mol. The van der Waals surface area contributed by atoms with Gasteiger partial charge in [0, 0.05) is 37.3 Å². The molecule has 0 radical (unpaired) electrons. The molecule has 5 rings (SSSR count). The van der Waals surface area contributed by atoms with E-state index in [2.05, 4.69) is 4.90 Å². The van der Waals surface area contributed by atoms with Crippen LogP contribution < -0.4 is 9.47 Å². The van der Waals surface area contributed by atoms with E-state index in [4.69, 9.17) is 14.2 Å². The molecule has 8 nitrogen and oxygen atoms in total. The van der Waals surface area contributed by atoms with E-state index >= 15 is 0 Å². The Kier molecular flexibility index (Phi) is 8.78. The van der Waals surface area contributed by atoms with Crippen molar-refractivity contribution in [1.82, 2.24) is 9.80 Å². The molecule has 2 aliphatic heterocycles. The first-order valence-corrected chi connectivity index (χ1v) is 13.6. The van der Waals surface area contributed by atoms with Gasteiger partial charge in [-0.15, -0.1) is 0 Å². The molecule has 1 N–H and O–H groups in total. The Morgan fingerprint density at radius 1 is 0.900 bits per heavy atom. The summed E-state index contributed by atoms with van der Waals surface area (Å²) in [5.74, 6) is -0.360. The van der Waals surface area contributed by atoms with Crippen LogP contribution >= 0.6 is 0 Å². The van der Waals surface area contributed by atoms with Crippen molar-refractivity contribution in [1.29, 1.82) is 0 Å². The van der Waals surface area contributed by atoms with Crippen molar-refractivity contribution in [2.75, 3.05) is 46.0 Å². The number of amides is 1. The second-order valence-corrected chi connectivity index (χ2v) is 9.72. The van der Waals surface area contributed by atoms with Gasteiger partial charge in [0.2, 0.25) is 0 Å². The van der Waals surface area contributed by atoms with E-state index in [1.54, 1.807) is 29.2 Å². The van der Waals surface area contributed by atoms with Gasteiger partial charge in [0.25, 0.3) is 11.7 Å². The number of carbonyl (C=O) groups is 2. The summed E-state index contributed by atoms with van der Waals surface area (Å²) in [5.41, 5.74) is 2.18. The Morgan fingerprint density at radius 3 is 2.33 bits per heavy atom. The van der Waals surface area contributed by atoms with Gasteiger partial charge in [0.1, 0.15) is 23.9 Å². The SMILES string of the molecule is CCOc1ccccc1C1/C(=C(\O)c2ccc(OCc3ccccc3)cc2)C(=O)C(=O)N1CCN1CCOCC1. The number of carbonyl (C=O) groups excluding carboxylic acids is 2. The van der Waals surface area contributed by atoms with Gasteiger partial charge in [-0.25, -0.2) is 0 Å². The Balaban J connectivity index is 1.46. The van der Waals surface area contributed by atoms with Gasteiger partial charge in [-0.1, -0.05) is 48.5 Å². The van der Waals surface area contributed by atoms with Crippen LogP contribution in [-0.4, -0.2) is 72.6 Å². The van der Waals surface area contributed by atoms with E-state index in [1.807, 2.05) is 61.5 Å². The van der Waals surface area contributed by atoms with Gasteiger partial charge in [0.05, 0.1) is 31.4 Å². The molecule has 8 heteroatoms. The van der Waals surface area contributed by atoms with Crippen molar-refractivity contribution in [3.63, 3.8) is 0 Å². The number of aliphatic hydroxyl groups is 1. The van der Waals surface area contributed by atoms with E-state index in [0.29, 0.717) is 62.1 Å². The molecule has 2 saturated heterocycles. The highest BCUT2D eigenvalue weighted by Gasteiger charge is 2.47. The van der Waals surface area contributed by atoms with E-state index in [9.17, 15) is 14.7 Å². The van der Waals surface area contributed by atoms with E-state index in [-0.39, 0.29) is 11.3 Å². The number of hydrogen-bond donors (Lipinski definition) is 1. The highest BCUT2D eigenvalue weighted by molar-refractivity contribution is 6.46. The molecule has 0 spiro atoms. The fraction of sp³-hybridized carbons (Fsp3) is 0.312. The maximum absolute atomic E-state index is 13.5. The number of hydrogen-bond acceptors (Lipinski definition) is 7. The lowest BCUT2D eigenvalue weighted by Gasteiger charge is -2.31. The molecule has 40 heavy (non-hydrogen) atoms. The van der Waals surface area contributed by atoms with E-state index < -0.39 is 17.7 Å². The van der Waals surface area contributed by atoms with Crippen LogP contribution in [0.25, 0.3) is 5.76 Å². The zero-order valence-electron chi connectivity index (χ0n) is 22.6. The fourth-order valence-corrected chi connectivity index (χ4v) is 5.11. The summed E-state index contributed by atoms with van der Waals surface area (Å²) in [7, 11) is 0. The number of rotatable bonds is 10. The minimum absolute atomic E-state index is 0.0529. The third-order valence-corrected chi connectivity index (χ3v) is 7.19. The first-order chi connectivity index (χ1) is 19.6. The third kappa shape index (κ3) is 6.03. The molecule has 3 aromatic rings. The number of ether oxygens (including phenoxy) is 3. The number of aliphatic hydroxyl groups excluding tert-OH is 1. The number of benzene rings is 3. The van der Waals surface area contributed by atoms with Crippen LogP contribution in [0.15, 0.2) is 84.4 Å². The fourth-order valence-electron chi connectivity index (χ4n) is 5.11. The minimum Gasteiger partial charge on any atom is -0.507 e. The summed E-state index contributed by atoms with van der Waals surface area (Å²) in [6, 6.07) is 23.3. The smallest absolute Gasteiger partial charge is 0.295 e. The Morgan fingerprint density at radius 2 is 1.60 bits per heavy atom. The number of para-hydroxylation sites is 1. The van der Waals surface area contributed by atoms with Crippen molar-refractivity contribution in [2.45, 2.75) is 19.6 Å². The van der Waals surface area contributed by atoms with E-state index in [1.165, 1.54) is 0 Å². The minimum atomic E-state index is -0.780. The monoisotopic (exact) mass is 542 g/mol. The van der Waals surface area contributed by atoms with Crippen LogP contribution in [0, 0.1) is 0 Å². The average Bonchev–Trinajstić information content (AvgIpc) is 3.25. The molecule has 0 aromatic heterocycles. The molecule has 2 aliphatic rings. The van der Waals surface area contributed by atoms with Gasteiger partial charge in [-0.2, -0.15) is 0 Å². The van der Waals surface area contributed by atoms with Crippen LogP contribution in [0.1, 0.15) is 29.7 Å². The molecule has 2 heterocycles. The van der Waals surface area contributed by atoms with Crippen LogP contribution in [0.3, 0.4) is 0 Å².